The molecule has 0 fully saturated rings. The fourth-order valence-electron chi connectivity index (χ4n) is 1.64. The van der Waals surface area contributed by atoms with Gasteiger partial charge in [-0.15, -0.1) is 0 Å². The van der Waals surface area contributed by atoms with Crippen molar-refractivity contribution >= 4 is 17.0 Å². The van der Waals surface area contributed by atoms with E-state index >= 15 is 0 Å². The van der Waals surface area contributed by atoms with Gasteiger partial charge in [-0.1, -0.05) is 6.07 Å². The molecule has 19 heavy (non-hydrogen) atoms. The highest BCUT2D eigenvalue weighted by molar-refractivity contribution is 5.80. The van der Waals surface area contributed by atoms with E-state index in [9.17, 15) is 4.39 Å². The van der Waals surface area contributed by atoms with Crippen molar-refractivity contribution in [1.82, 2.24) is 20.2 Å². The average Bonchev–Trinajstić information content (AvgIpc) is 2.87. The average molecular weight is 259 g/mol. The van der Waals surface area contributed by atoms with Crippen LogP contribution in [0.25, 0.3) is 11.0 Å². The minimum absolute atomic E-state index is 0.314. The summed E-state index contributed by atoms with van der Waals surface area (Å²) in [7, 11) is 1.70. The summed E-state index contributed by atoms with van der Waals surface area (Å²) in [6, 6.07) is 5.85. The zero-order valence-electron chi connectivity index (χ0n) is 10.0. The Morgan fingerprint density at radius 1 is 1.32 bits per heavy atom. The molecule has 0 aliphatic carbocycles. The lowest BCUT2D eigenvalue weighted by Gasteiger charge is -2.07. The van der Waals surface area contributed by atoms with Crippen LogP contribution in [0.3, 0.4) is 0 Å². The van der Waals surface area contributed by atoms with Crippen molar-refractivity contribution in [2.75, 3.05) is 12.4 Å². The van der Waals surface area contributed by atoms with E-state index < -0.39 is 0 Å². The Morgan fingerprint density at radius 3 is 3.00 bits per heavy atom. The molecule has 96 valence electrons. The maximum Gasteiger partial charge on any atom is 0.235 e. The normalized spacial score (nSPS) is 10.6. The fourth-order valence-corrected chi connectivity index (χ4v) is 1.64. The highest BCUT2D eigenvalue weighted by Crippen LogP contribution is 2.27. The van der Waals surface area contributed by atoms with Crippen LogP contribution in [0.1, 0.15) is 0 Å². The van der Waals surface area contributed by atoms with Crippen LogP contribution < -0.4 is 10.1 Å². The van der Waals surface area contributed by atoms with Gasteiger partial charge in [0.2, 0.25) is 11.8 Å². The van der Waals surface area contributed by atoms with E-state index in [1.165, 1.54) is 12.1 Å². The highest BCUT2D eigenvalue weighted by Gasteiger charge is 2.11. The molecule has 2 N–H and O–H groups in total. The van der Waals surface area contributed by atoms with E-state index in [1.807, 2.05) is 0 Å². The van der Waals surface area contributed by atoms with Crippen molar-refractivity contribution in [2.45, 2.75) is 0 Å². The number of fused-ring (bicyclic) bond motifs is 1. The number of hydrogen-bond donors (Lipinski definition) is 2. The minimum atomic E-state index is -0.371. The van der Waals surface area contributed by atoms with Crippen LogP contribution in [0.4, 0.5) is 10.3 Å². The second-order valence-corrected chi connectivity index (χ2v) is 3.79. The van der Waals surface area contributed by atoms with Crippen molar-refractivity contribution in [3.63, 3.8) is 0 Å². The number of benzene rings is 1. The highest BCUT2D eigenvalue weighted by atomic mass is 19.1. The van der Waals surface area contributed by atoms with Crippen molar-refractivity contribution in [3.8, 4) is 11.6 Å². The smallest absolute Gasteiger partial charge is 0.235 e. The molecule has 3 rings (SSSR count). The van der Waals surface area contributed by atoms with Crippen LogP contribution in [0.15, 0.2) is 30.5 Å². The van der Waals surface area contributed by atoms with Crippen molar-refractivity contribution in [3.05, 3.63) is 36.3 Å². The largest absolute Gasteiger partial charge is 0.438 e. The molecule has 6 nitrogen and oxygen atoms in total. The number of ether oxygens (including phenoxy) is 1. The monoisotopic (exact) mass is 259 g/mol. The number of rotatable bonds is 3. The molecular formula is C12H10FN5O. The fraction of sp³-hybridized carbons (Fsp3) is 0.0833. The number of nitrogens with zero attached hydrogens (tertiary/aromatic N) is 3. The van der Waals surface area contributed by atoms with Crippen LogP contribution in [-0.4, -0.2) is 27.2 Å². The molecule has 0 atom stereocenters. The quantitative estimate of drug-likeness (QED) is 0.755. The van der Waals surface area contributed by atoms with Crippen molar-refractivity contribution < 1.29 is 9.13 Å². The standard InChI is InChI=1S/C12H10FN5O/c1-14-12-16-10-9(6-15-18-10)11(17-12)19-8-4-2-3-7(13)5-8/h2-6H,1H3,(H2,14,15,16,17,18). The Morgan fingerprint density at radius 2 is 2.21 bits per heavy atom. The first-order valence-electron chi connectivity index (χ1n) is 5.58. The number of halogens is 1. The molecule has 2 aromatic heterocycles. The van der Waals surface area contributed by atoms with E-state index in [1.54, 1.807) is 25.4 Å². The Balaban J connectivity index is 2.06. The van der Waals surface area contributed by atoms with E-state index in [-0.39, 0.29) is 5.82 Å². The molecule has 1 aromatic carbocycles. The van der Waals surface area contributed by atoms with E-state index in [0.717, 1.165) is 0 Å². The number of hydrogen-bond acceptors (Lipinski definition) is 5. The molecule has 0 aliphatic heterocycles. The van der Waals surface area contributed by atoms with Gasteiger partial charge in [-0.2, -0.15) is 15.1 Å². The number of aromatic nitrogens is 4. The first-order chi connectivity index (χ1) is 9.26. The van der Waals surface area contributed by atoms with Gasteiger partial charge in [-0.25, -0.2) is 4.39 Å². The summed E-state index contributed by atoms with van der Waals surface area (Å²) in [6.45, 7) is 0. The number of H-pyrrole nitrogens is 1. The number of anilines is 1. The van der Waals surface area contributed by atoms with Crippen LogP contribution in [0, 0.1) is 5.82 Å². The van der Waals surface area contributed by atoms with Gasteiger partial charge in [0.25, 0.3) is 0 Å². The summed E-state index contributed by atoms with van der Waals surface area (Å²) >= 11 is 0. The molecule has 0 bridgehead atoms. The van der Waals surface area contributed by atoms with Crippen LogP contribution in [0.2, 0.25) is 0 Å². The molecule has 0 saturated heterocycles. The predicted molar refractivity (Wildman–Crippen MR) is 67.7 cm³/mol. The molecule has 3 aromatic rings. The summed E-state index contributed by atoms with van der Waals surface area (Å²) in [6.07, 6.45) is 1.56. The van der Waals surface area contributed by atoms with Crippen LogP contribution in [0.5, 0.6) is 11.6 Å². The number of nitrogens with one attached hydrogen (secondary N) is 2. The van der Waals surface area contributed by atoms with Crippen molar-refractivity contribution in [2.24, 2.45) is 0 Å². The zero-order chi connectivity index (χ0) is 13.2. The van der Waals surface area contributed by atoms with E-state index in [0.29, 0.717) is 28.6 Å². The molecule has 0 spiro atoms. The Hall–Kier alpha value is -2.70. The topological polar surface area (TPSA) is 75.7 Å². The van der Waals surface area contributed by atoms with Crippen LogP contribution in [-0.2, 0) is 0 Å². The van der Waals surface area contributed by atoms with Gasteiger partial charge >= 0.3 is 0 Å². The van der Waals surface area contributed by atoms with Gasteiger partial charge in [0.05, 0.1) is 6.20 Å². The lowest BCUT2D eigenvalue weighted by Crippen LogP contribution is -1.99. The number of aromatic amines is 1. The Bertz CT molecular complexity index is 727. The third kappa shape index (κ3) is 2.17. The summed E-state index contributed by atoms with van der Waals surface area (Å²) < 4.78 is 18.7. The lowest BCUT2D eigenvalue weighted by molar-refractivity contribution is 0.464. The van der Waals surface area contributed by atoms with Gasteiger partial charge in [0, 0.05) is 13.1 Å². The van der Waals surface area contributed by atoms with Gasteiger partial charge in [0.1, 0.15) is 17.0 Å². The van der Waals surface area contributed by atoms with Gasteiger partial charge in [-0.05, 0) is 12.1 Å². The maximum atomic E-state index is 13.1. The second-order valence-electron chi connectivity index (χ2n) is 3.79. The molecule has 0 radical (unpaired) electrons. The molecule has 0 unspecified atom stereocenters. The summed E-state index contributed by atoms with van der Waals surface area (Å²) in [5, 5.41) is 10.1. The molecule has 0 aliphatic rings. The Kier molecular flexibility index (Phi) is 2.71. The summed E-state index contributed by atoms with van der Waals surface area (Å²) in [5.74, 6) is 0.698. The summed E-state index contributed by atoms with van der Waals surface area (Å²) in [5.41, 5.74) is 0.547. The molecule has 0 amide bonds. The van der Waals surface area contributed by atoms with Gasteiger partial charge < -0.3 is 10.1 Å². The van der Waals surface area contributed by atoms with E-state index in [2.05, 4.69) is 25.5 Å². The minimum Gasteiger partial charge on any atom is -0.438 e. The Labute approximate surface area is 107 Å². The SMILES string of the molecule is CNc1nc(Oc2cccc(F)c2)c2cn[nH]c2n1. The van der Waals surface area contributed by atoms with Crippen molar-refractivity contribution in [1.29, 1.82) is 0 Å². The molecule has 2 heterocycles. The van der Waals surface area contributed by atoms with Crippen LogP contribution >= 0.6 is 0 Å². The third-order valence-corrected chi connectivity index (χ3v) is 2.51. The van der Waals surface area contributed by atoms with Gasteiger partial charge in [-0.3, -0.25) is 5.10 Å². The lowest BCUT2D eigenvalue weighted by atomic mass is 10.3. The second kappa shape index (κ2) is 4.52. The molecule has 0 saturated carbocycles. The predicted octanol–water partition coefficient (Wildman–Crippen LogP) is 2.33. The molecular weight excluding hydrogens is 249 g/mol. The summed E-state index contributed by atoms with van der Waals surface area (Å²) in [4.78, 5) is 8.37. The van der Waals surface area contributed by atoms with E-state index in [4.69, 9.17) is 4.74 Å². The third-order valence-electron chi connectivity index (χ3n) is 2.51. The maximum absolute atomic E-state index is 13.1. The first kappa shape index (κ1) is 11.4. The molecule has 7 heteroatoms. The zero-order valence-corrected chi connectivity index (χ0v) is 10.0. The van der Waals surface area contributed by atoms with Gasteiger partial charge in [0.15, 0.2) is 5.65 Å². The first-order valence-corrected chi connectivity index (χ1v) is 5.58.